The summed E-state index contributed by atoms with van der Waals surface area (Å²) in [7, 11) is 0. The van der Waals surface area contributed by atoms with Crippen molar-refractivity contribution in [3.05, 3.63) is 9.47 Å². The van der Waals surface area contributed by atoms with Gasteiger partial charge in [-0.25, -0.2) is 0 Å². The molecule has 1 aliphatic rings. The number of rotatable bonds is 3. The van der Waals surface area contributed by atoms with E-state index in [9.17, 15) is 0 Å². The van der Waals surface area contributed by atoms with Gasteiger partial charge in [-0.15, -0.1) is 10.2 Å². The molecule has 4 nitrogen and oxygen atoms in total. The summed E-state index contributed by atoms with van der Waals surface area (Å²) < 4.78 is 11.3. The fourth-order valence-corrected chi connectivity index (χ4v) is 2.11. The second-order valence-corrected chi connectivity index (χ2v) is 4.72. The summed E-state index contributed by atoms with van der Waals surface area (Å²) in [5, 5.41) is 8.42. The zero-order chi connectivity index (χ0) is 9.80. The number of nitrogens with zero attached hydrogens (tertiary/aromatic N) is 2. The summed E-state index contributed by atoms with van der Waals surface area (Å²) in [6, 6.07) is 0. The topological polar surface area (TPSA) is 44.2 Å². The Morgan fingerprint density at radius 2 is 2.21 bits per heavy atom. The van der Waals surface area contributed by atoms with Crippen LogP contribution in [0.4, 0.5) is 0 Å². The van der Waals surface area contributed by atoms with E-state index in [2.05, 4.69) is 10.2 Å². The molecule has 0 bridgehead atoms. The lowest BCUT2D eigenvalue weighted by Crippen LogP contribution is -2.23. The fraction of sp³-hybridized carbons (Fsp3) is 0.750. The van der Waals surface area contributed by atoms with Crippen LogP contribution in [0.25, 0.3) is 0 Å². The zero-order valence-corrected chi connectivity index (χ0v) is 9.18. The predicted molar refractivity (Wildman–Crippen MR) is 53.5 cm³/mol. The Kier molecular flexibility index (Phi) is 3.69. The highest BCUT2D eigenvalue weighted by Gasteiger charge is 2.14. The fourth-order valence-electron chi connectivity index (χ4n) is 1.32. The number of aromatic nitrogens is 2. The molecule has 2 heterocycles. The highest BCUT2D eigenvalue weighted by atomic mass is 35.5. The third-order valence-electron chi connectivity index (χ3n) is 2.05. The van der Waals surface area contributed by atoms with Crippen LogP contribution in [-0.2, 0) is 16.1 Å². The summed E-state index contributed by atoms with van der Waals surface area (Å²) in [6.07, 6.45) is 2.23. The average Bonchev–Trinajstić information content (AvgIpc) is 2.63. The Labute approximate surface area is 91.2 Å². The van der Waals surface area contributed by atoms with Gasteiger partial charge in [0.25, 0.3) is 0 Å². The van der Waals surface area contributed by atoms with E-state index in [4.69, 9.17) is 21.1 Å². The van der Waals surface area contributed by atoms with Gasteiger partial charge in [-0.2, -0.15) is 0 Å². The molecule has 6 heteroatoms. The lowest BCUT2D eigenvalue weighted by Gasteiger charge is -2.21. The van der Waals surface area contributed by atoms with E-state index in [-0.39, 0.29) is 0 Å². The van der Waals surface area contributed by atoms with E-state index < -0.39 is 0 Å². The third kappa shape index (κ3) is 2.88. The Hall–Kier alpha value is -0.230. The van der Waals surface area contributed by atoms with Crippen molar-refractivity contribution in [3.63, 3.8) is 0 Å². The molecule has 0 radical (unpaired) electrons. The van der Waals surface area contributed by atoms with E-state index in [0.717, 1.165) is 31.1 Å². The maximum absolute atomic E-state index is 5.65. The van der Waals surface area contributed by atoms with Crippen LogP contribution in [0.5, 0.6) is 0 Å². The molecule has 1 aromatic rings. The van der Waals surface area contributed by atoms with E-state index >= 15 is 0 Å². The SMILES string of the molecule is Clc1nnc(COC2CCOCC2)s1. The van der Waals surface area contributed by atoms with E-state index in [0.29, 0.717) is 17.2 Å². The first kappa shape index (κ1) is 10.3. The van der Waals surface area contributed by atoms with Crippen molar-refractivity contribution in [2.75, 3.05) is 13.2 Å². The molecule has 78 valence electrons. The predicted octanol–water partition coefficient (Wildman–Crippen LogP) is 1.89. The van der Waals surface area contributed by atoms with Crippen molar-refractivity contribution >= 4 is 22.9 Å². The first-order valence-electron chi connectivity index (χ1n) is 4.52. The molecule has 14 heavy (non-hydrogen) atoms. The number of ether oxygens (including phenoxy) is 2. The summed E-state index contributed by atoms with van der Waals surface area (Å²) in [6.45, 7) is 2.10. The molecule has 0 atom stereocenters. The van der Waals surface area contributed by atoms with Crippen molar-refractivity contribution in [1.29, 1.82) is 0 Å². The first-order chi connectivity index (χ1) is 6.84. The molecule has 0 saturated carbocycles. The average molecular weight is 235 g/mol. The van der Waals surface area contributed by atoms with Crippen LogP contribution < -0.4 is 0 Å². The summed E-state index contributed by atoms with van der Waals surface area (Å²) in [4.78, 5) is 0. The lowest BCUT2D eigenvalue weighted by atomic mass is 10.2. The van der Waals surface area contributed by atoms with Gasteiger partial charge in [0.1, 0.15) is 11.6 Å². The summed E-state index contributed by atoms with van der Waals surface area (Å²) >= 11 is 7.01. The Morgan fingerprint density at radius 1 is 1.43 bits per heavy atom. The second-order valence-electron chi connectivity index (χ2n) is 3.07. The highest BCUT2D eigenvalue weighted by Crippen LogP contribution is 2.18. The molecule has 0 spiro atoms. The van der Waals surface area contributed by atoms with Crippen LogP contribution in [-0.4, -0.2) is 29.5 Å². The van der Waals surface area contributed by atoms with Gasteiger partial charge < -0.3 is 9.47 Å². The normalized spacial score (nSPS) is 18.6. The van der Waals surface area contributed by atoms with Gasteiger partial charge in [-0.1, -0.05) is 11.3 Å². The van der Waals surface area contributed by atoms with Crippen molar-refractivity contribution in [1.82, 2.24) is 10.2 Å². The largest absolute Gasteiger partial charge is 0.381 e. The number of hydrogen-bond acceptors (Lipinski definition) is 5. The van der Waals surface area contributed by atoms with E-state index in [1.165, 1.54) is 11.3 Å². The number of hydrogen-bond donors (Lipinski definition) is 0. The maximum atomic E-state index is 5.65. The van der Waals surface area contributed by atoms with Gasteiger partial charge in [-0.3, -0.25) is 0 Å². The Morgan fingerprint density at radius 3 is 2.86 bits per heavy atom. The standard InChI is InChI=1S/C8H11ClN2O2S/c9-8-11-10-7(14-8)5-13-6-1-3-12-4-2-6/h6H,1-5H2. The summed E-state index contributed by atoms with van der Waals surface area (Å²) in [5.41, 5.74) is 0. The van der Waals surface area contributed by atoms with Crippen LogP contribution in [0.2, 0.25) is 4.47 Å². The molecule has 0 aromatic carbocycles. The minimum absolute atomic E-state index is 0.298. The molecule has 1 fully saturated rings. The summed E-state index contributed by atoms with van der Waals surface area (Å²) in [5.74, 6) is 0. The van der Waals surface area contributed by atoms with Crippen LogP contribution in [0.15, 0.2) is 0 Å². The maximum Gasteiger partial charge on any atom is 0.207 e. The van der Waals surface area contributed by atoms with Gasteiger partial charge in [0.2, 0.25) is 4.47 Å². The van der Waals surface area contributed by atoms with Gasteiger partial charge in [0, 0.05) is 13.2 Å². The van der Waals surface area contributed by atoms with Crippen molar-refractivity contribution in [2.45, 2.75) is 25.6 Å². The second kappa shape index (κ2) is 5.02. The Balaban J connectivity index is 1.76. The molecular formula is C8H11ClN2O2S. The first-order valence-corrected chi connectivity index (χ1v) is 5.71. The van der Waals surface area contributed by atoms with Gasteiger partial charge in [0.15, 0.2) is 0 Å². The molecule has 2 rings (SSSR count). The molecule has 0 aliphatic carbocycles. The number of halogens is 1. The van der Waals surface area contributed by atoms with Crippen molar-refractivity contribution < 1.29 is 9.47 Å². The van der Waals surface area contributed by atoms with Crippen LogP contribution in [0, 0.1) is 0 Å². The molecule has 0 unspecified atom stereocenters. The van der Waals surface area contributed by atoms with Crippen molar-refractivity contribution in [2.24, 2.45) is 0 Å². The van der Waals surface area contributed by atoms with E-state index in [1.54, 1.807) is 0 Å². The Bertz CT molecular complexity index is 289. The smallest absolute Gasteiger partial charge is 0.207 e. The third-order valence-corrected chi connectivity index (χ3v) is 3.05. The minimum Gasteiger partial charge on any atom is -0.381 e. The molecule has 0 N–H and O–H groups in total. The zero-order valence-electron chi connectivity index (χ0n) is 7.61. The molecular weight excluding hydrogens is 224 g/mol. The highest BCUT2D eigenvalue weighted by molar-refractivity contribution is 7.15. The van der Waals surface area contributed by atoms with Crippen LogP contribution >= 0.6 is 22.9 Å². The molecule has 1 saturated heterocycles. The van der Waals surface area contributed by atoms with E-state index in [1.807, 2.05) is 0 Å². The monoisotopic (exact) mass is 234 g/mol. The molecule has 1 aromatic heterocycles. The molecule has 1 aliphatic heterocycles. The van der Waals surface area contributed by atoms with Crippen molar-refractivity contribution in [3.8, 4) is 0 Å². The quantitative estimate of drug-likeness (QED) is 0.801. The minimum atomic E-state index is 0.298. The van der Waals surface area contributed by atoms with Gasteiger partial charge >= 0.3 is 0 Å². The van der Waals surface area contributed by atoms with Crippen LogP contribution in [0.3, 0.4) is 0 Å². The lowest BCUT2D eigenvalue weighted by molar-refractivity contribution is -0.0392. The van der Waals surface area contributed by atoms with Crippen LogP contribution in [0.1, 0.15) is 17.8 Å². The van der Waals surface area contributed by atoms with Gasteiger partial charge in [0.05, 0.1) is 6.10 Å². The molecule has 0 amide bonds. The van der Waals surface area contributed by atoms with Gasteiger partial charge in [-0.05, 0) is 24.4 Å².